The molecule has 0 aromatic heterocycles. The van der Waals surface area contributed by atoms with Gasteiger partial charge in [0.05, 0.1) is 5.92 Å². The number of carbonyl (C=O) groups excluding carboxylic acids is 1. The molecule has 17 heavy (non-hydrogen) atoms. The van der Waals surface area contributed by atoms with Gasteiger partial charge in [-0.1, -0.05) is 17.7 Å². The van der Waals surface area contributed by atoms with Gasteiger partial charge in [0.2, 0.25) is 5.91 Å². The van der Waals surface area contributed by atoms with E-state index < -0.39 is 0 Å². The number of benzene rings is 1. The highest BCUT2D eigenvalue weighted by Gasteiger charge is 2.20. The first-order chi connectivity index (χ1) is 7.75. The molecule has 2 rings (SSSR count). The Morgan fingerprint density at radius 1 is 1.47 bits per heavy atom. The molecule has 0 saturated carbocycles. The normalized spacial score (nSPS) is 19.2. The summed E-state index contributed by atoms with van der Waals surface area (Å²) in [5.74, 6) is 0.155. The monoisotopic (exact) mass is 274 g/mol. The molecule has 1 saturated heterocycles. The SMILES string of the molecule is Cl.O=C(Nc1cccc(Cl)c1)C1CCCNC1. The molecule has 2 N–H and O–H groups in total. The van der Waals surface area contributed by atoms with Gasteiger partial charge >= 0.3 is 0 Å². The maximum atomic E-state index is 11.9. The number of piperidine rings is 1. The standard InChI is InChI=1S/C12H15ClN2O.ClH/c13-10-4-1-5-11(7-10)15-12(16)9-3-2-6-14-8-9;/h1,4-5,7,9,14H,2-3,6,8H2,(H,15,16);1H. The van der Waals surface area contributed by atoms with Crippen LogP contribution in [0.1, 0.15) is 12.8 Å². The van der Waals surface area contributed by atoms with Gasteiger partial charge in [-0.2, -0.15) is 0 Å². The van der Waals surface area contributed by atoms with Crippen LogP contribution in [0.2, 0.25) is 5.02 Å². The van der Waals surface area contributed by atoms with Crippen LogP contribution in [0.3, 0.4) is 0 Å². The van der Waals surface area contributed by atoms with Crippen LogP contribution >= 0.6 is 24.0 Å². The lowest BCUT2D eigenvalue weighted by molar-refractivity contribution is -0.120. The molecule has 1 fully saturated rings. The van der Waals surface area contributed by atoms with Crippen molar-refractivity contribution in [3.05, 3.63) is 29.3 Å². The van der Waals surface area contributed by atoms with Gasteiger partial charge in [0.25, 0.3) is 0 Å². The molecule has 1 unspecified atom stereocenters. The summed E-state index contributed by atoms with van der Waals surface area (Å²) in [6.45, 7) is 1.79. The highest BCUT2D eigenvalue weighted by Crippen LogP contribution is 2.17. The summed E-state index contributed by atoms with van der Waals surface area (Å²) < 4.78 is 0. The van der Waals surface area contributed by atoms with E-state index in [4.69, 9.17) is 11.6 Å². The number of hydrogen-bond acceptors (Lipinski definition) is 2. The molecule has 1 aromatic carbocycles. The first-order valence-electron chi connectivity index (χ1n) is 5.53. The summed E-state index contributed by atoms with van der Waals surface area (Å²) >= 11 is 5.85. The maximum Gasteiger partial charge on any atom is 0.228 e. The van der Waals surface area contributed by atoms with E-state index >= 15 is 0 Å². The van der Waals surface area contributed by atoms with Gasteiger partial charge in [-0.05, 0) is 37.6 Å². The van der Waals surface area contributed by atoms with Crippen molar-refractivity contribution in [2.45, 2.75) is 12.8 Å². The molecule has 0 spiro atoms. The minimum atomic E-state index is 0. The van der Waals surface area contributed by atoms with E-state index in [0.717, 1.165) is 31.6 Å². The first kappa shape index (κ1) is 14.3. The van der Waals surface area contributed by atoms with E-state index in [1.165, 1.54) is 0 Å². The summed E-state index contributed by atoms with van der Waals surface area (Å²) in [4.78, 5) is 11.9. The van der Waals surface area contributed by atoms with Crippen molar-refractivity contribution in [2.24, 2.45) is 5.92 Å². The fourth-order valence-corrected chi connectivity index (χ4v) is 2.08. The van der Waals surface area contributed by atoms with E-state index in [9.17, 15) is 4.79 Å². The minimum Gasteiger partial charge on any atom is -0.326 e. The van der Waals surface area contributed by atoms with Crippen LogP contribution < -0.4 is 10.6 Å². The lowest BCUT2D eigenvalue weighted by Gasteiger charge is -2.21. The summed E-state index contributed by atoms with van der Waals surface area (Å²) in [5, 5.41) is 6.75. The van der Waals surface area contributed by atoms with Crippen LogP contribution in [0.4, 0.5) is 5.69 Å². The van der Waals surface area contributed by atoms with Gasteiger partial charge in [-0.3, -0.25) is 4.79 Å². The fraction of sp³-hybridized carbons (Fsp3) is 0.417. The van der Waals surface area contributed by atoms with Gasteiger partial charge in [-0.25, -0.2) is 0 Å². The fourth-order valence-electron chi connectivity index (χ4n) is 1.89. The Hall–Kier alpha value is -0.770. The van der Waals surface area contributed by atoms with Gasteiger partial charge < -0.3 is 10.6 Å². The predicted molar refractivity (Wildman–Crippen MR) is 72.9 cm³/mol. The van der Waals surface area contributed by atoms with E-state index in [1.807, 2.05) is 12.1 Å². The van der Waals surface area contributed by atoms with Crippen molar-refractivity contribution >= 4 is 35.6 Å². The smallest absolute Gasteiger partial charge is 0.228 e. The summed E-state index contributed by atoms with van der Waals surface area (Å²) in [6, 6.07) is 7.23. The second-order valence-corrected chi connectivity index (χ2v) is 4.48. The number of carbonyl (C=O) groups is 1. The molecule has 1 amide bonds. The average Bonchev–Trinajstić information content (AvgIpc) is 2.30. The van der Waals surface area contributed by atoms with Gasteiger partial charge in [0, 0.05) is 17.3 Å². The zero-order valence-corrected chi connectivity index (χ0v) is 11.0. The number of anilines is 1. The third-order valence-electron chi connectivity index (χ3n) is 2.76. The molecular weight excluding hydrogens is 259 g/mol. The van der Waals surface area contributed by atoms with Gasteiger partial charge in [-0.15, -0.1) is 12.4 Å². The Labute approximate surface area is 112 Å². The van der Waals surface area contributed by atoms with Crippen LogP contribution in [0.15, 0.2) is 24.3 Å². The number of amides is 1. The Balaban J connectivity index is 0.00000144. The van der Waals surface area contributed by atoms with Crippen molar-refractivity contribution in [3.8, 4) is 0 Å². The second kappa shape index (κ2) is 6.84. The van der Waals surface area contributed by atoms with E-state index in [2.05, 4.69) is 10.6 Å². The van der Waals surface area contributed by atoms with Crippen LogP contribution in [0.5, 0.6) is 0 Å². The lowest BCUT2D eigenvalue weighted by atomic mass is 9.99. The van der Waals surface area contributed by atoms with Crippen LogP contribution in [0, 0.1) is 5.92 Å². The largest absolute Gasteiger partial charge is 0.326 e. The van der Waals surface area contributed by atoms with E-state index in [0.29, 0.717) is 5.02 Å². The summed E-state index contributed by atoms with van der Waals surface area (Å²) in [5.41, 5.74) is 0.767. The van der Waals surface area contributed by atoms with Crippen molar-refractivity contribution in [1.82, 2.24) is 5.32 Å². The molecular formula is C12H16Cl2N2O. The molecule has 0 bridgehead atoms. The quantitative estimate of drug-likeness (QED) is 0.871. The van der Waals surface area contributed by atoms with Crippen molar-refractivity contribution in [1.29, 1.82) is 0 Å². The van der Waals surface area contributed by atoms with E-state index in [-0.39, 0.29) is 24.2 Å². The lowest BCUT2D eigenvalue weighted by Crippen LogP contribution is -2.37. The van der Waals surface area contributed by atoms with Gasteiger partial charge in [0.15, 0.2) is 0 Å². The highest BCUT2D eigenvalue weighted by atomic mass is 35.5. The number of nitrogens with one attached hydrogen (secondary N) is 2. The summed E-state index contributed by atoms with van der Waals surface area (Å²) in [6.07, 6.45) is 2.02. The molecule has 3 nitrogen and oxygen atoms in total. The maximum absolute atomic E-state index is 11.9. The third-order valence-corrected chi connectivity index (χ3v) is 2.99. The molecule has 1 aliphatic heterocycles. The summed E-state index contributed by atoms with van der Waals surface area (Å²) in [7, 11) is 0. The molecule has 1 atom stereocenters. The second-order valence-electron chi connectivity index (χ2n) is 4.04. The third kappa shape index (κ3) is 4.19. The van der Waals surface area contributed by atoms with Gasteiger partial charge in [0.1, 0.15) is 0 Å². The van der Waals surface area contributed by atoms with Crippen molar-refractivity contribution in [3.63, 3.8) is 0 Å². The Morgan fingerprint density at radius 3 is 2.94 bits per heavy atom. The Kier molecular flexibility index (Phi) is 5.75. The zero-order valence-electron chi connectivity index (χ0n) is 9.41. The van der Waals surface area contributed by atoms with Crippen LogP contribution in [-0.2, 0) is 4.79 Å². The number of rotatable bonds is 2. The number of halogens is 2. The van der Waals surface area contributed by atoms with E-state index in [1.54, 1.807) is 12.1 Å². The van der Waals surface area contributed by atoms with Crippen molar-refractivity contribution in [2.75, 3.05) is 18.4 Å². The Bertz CT molecular complexity index is 379. The first-order valence-corrected chi connectivity index (χ1v) is 5.90. The molecule has 1 aliphatic rings. The Morgan fingerprint density at radius 2 is 2.29 bits per heavy atom. The molecule has 94 valence electrons. The average molecular weight is 275 g/mol. The molecule has 1 heterocycles. The van der Waals surface area contributed by atoms with Crippen LogP contribution in [0.25, 0.3) is 0 Å². The van der Waals surface area contributed by atoms with Crippen molar-refractivity contribution < 1.29 is 4.79 Å². The van der Waals surface area contributed by atoms with Crippen LogP contribution in [-0.4, -0.2) is 19.0 Å². The molecule has 1 aromatic rings. The topological polar surface area (TPSA) is 41.1 Å². The predicted octanol–water partition coefficient (Wildman–Crippen LogP) is 2.70. The highest BCUT2D eigenvalue weighted by molar-refractivity contribution is 6.30. The molecule has 5 heteroatoms. The molecule has 0 aliphatic carbocycles. The minimum absolute atomic E-state index is 0. The zero-order chi connectivity index (χ0) is 11.4. The number of hydrogen-bond donors (Lipinski definition) is 2. The molecule has 0 radical (unpaired) electrons.